The highest BCUT2D eigenvalue weighted by molar-refractivity contribution is 6.06. The summed E-state index contributed by atoms with van der Waals surface area (Å²) in [5, 5.41) is 25.3. The van der Waals surface area contributed by atoms with Crippen molar-refractivity contribution in [1.29, 1.82) is 0 Å². The standard InChI is InChI=1S/C24H25N3O6/c1-13(28)26-17-8-6-5-7-15(17)25-16-11-24(2,3)12-19(29)21(16)22(26)14-9-18(27(31)32)23(30)20(10-14)33-4/h5-10,22,25,30H,11-12H2,1-4H3/t22-/m1/s1. The van der Waals surface area contributed by atoms with Crippen LogP contribution in [0.5, 0.6) is 11.5 Å². The molecule has 172 valence electrons. The summed E-state index contributed by atoms with van der Waals surface area (Å²) >= 11 is 0. The Bertz CT molecular complexity index is 1220. The number of nitro benzene ring substituents is 1. The zero-order valence-corrected chi connectivity index (χ0v) is 18.8. The molecule has 1 aliphatic heterocycles. The molecule has 2 aromatic carbocycles. The number of nitrogens with one attached hydrogen (secondary N) is 1. The molecule has 0 spiro atoms. The Morgan fingerprint density at radius 1 is 1.27 bits per heavy atom. The minimum Gasteiger partial charge on any atom is -0.500 e. The Morgan fingerprint density at radius 2 is 1.97 bits per heavy atom. The van der Waals surface area contributed by atoms with E-state index in [-0.39, 0.29) is 29.3 Å². The van der Waals surface area contributed by atoms with Gasteiger partial charge in [-0.15, -0.1) is 0 Å². The monoisotopic (exact) mass is 451 g/mol. The first kappa shape index (κ1) is 22.3. The van der Waals surface area contributed by atoms with Gasteiger partial charge < -0.3 is 15.2 Å². The van der Waals surface area contributed by atoms with E-state index in [9.17, 15) is 24.8 Å². The lowest BCUT2D eigenvalue weighted by molar-refractivity contribution is -0.386. The minimum absolute atomic E-state index is 0.112. The van der Waals surface area contributed by atoms with Crippen molar-refractivity contribution >= 4 is 28.8 Å². The maximum atomic E-state index is 13.5. The van der Waals surface area contributed by atoms with E-state index >= 15 is 0 Å². The Kier molecular flexibility index (Phi) is 5.35. The summed E-state index contributed by atoms with van der Waals surface area (Å²) in [5.41, 5.74) is 1.69. The summed E-state index contributed by atoms with van der Waals surface area (Å²) in [6.45, 7) is 5.39. The number of Topliss-reactive ketones (excluding diaryl/α,β-unsaturated/α-hetero) is 1. The van der Waals surface area contributed by atoms with Crippen LogP contribution in [0.25, 0.3) is 0 Å². The molecule has 0 unspecified atom stereocenters. The van der Waals surface area contributed by atoms with E-state index in [1.54, 1.807) is 12.1 Å². The van der Waals surface area contributed by atoms with E-state index in [0.29, 0.717) is 34.6 Å². The Morgan fingerprint density at radius 3 is 2.61 bits per heavy atom. The van der Waals surface area contributed by atoms with E-state index in [0.717, 1.165) is 0 Å². The number of aromatic hydroxyl groups is 1. The molecule has 4 rings (SSSR count). The Hall–Kier alpha value is -3.88. The molecular formula is C24H25N3O6. The van der Waals surface area contributed by atoms with Gasteiger partial charge in [-0.25, -0.2) is 0 Å². The summed E-state index contributed by atoms with van der Waals surface area (Å²) in [4.78, 5) is 38.9. The number of phenolic OH excluding ortho intramolecular Hbond substituents is 1. The highest BCUT2D eigenvalue weighted by atomic mass is 16.6. The van der Waals surface area contributed by atoms with Crippen LogP contribution in [0.2, 0.25) is 0 Å². The van der Waals surface area contributed by atoms with Crippen molar-refractivity contribution in [1.82, 2.24) is 0 Å². The first-order valence-electron chi connectivity index (χ1n) is 10.5. The lowest BCUT2D eigenvalue weighted by atomic mass is 9.73. The van der Waals surface area contributed by atoms with Gasteiger partial charge in [0.05, 0.1) is 29.4 Å². The number of ketones is 1. The summed E-state index contributed by atoms with van der Waals surface area (Å²) in [6, 6.07) is 8.89. The molecule has 0 saturated heterocycles. The highest BCUT2D eigenvalue weighted by Crippen LogP contribution is 2.50. The fraction of sp³-hybridized carbons (Fsp3) is 0.333. The molecule has 1 heterocycles. The number of hydrogen-bond donors (Lipinski definition) is 2. The second kappa shape index (κ2) is 7.91. The van der Waals surface area contributed by atoms with Gasteiger partial charge in [0.2, 0.25) is 11.7 Å². The number of anilines is 2. The number of carbonyl (C=O) groups excluding carboxylic acids is 2. The number of rotatable bonds is 3. The predicted molar refractivity (Wildman–Crippen MR) is 122 cm³/mol. The first-order chi connectivity index (χ1) is 15.5. The summed E-state index contributed by atoms with van der Waals surface area (Å²) in [6.07, 6.45) is 0.825. The SMILES string of the molecule is COc1cc([C@@H]2C3=C(CC(C)(C)CC3=O)Nc3ccccc3N2C(C)=O)cc([N+](=O)[O-])c1O. The smallest absolute Gasteiger partial charge is 0.315 e. The fourth-order valence-corrected chi connectivity index (χ4v) is 4.72. The molecule has 0 aromatic heterocycles. The van der Waals surface area contributed by atoms with Gasteiger partial charge in [0.15, 0.2) is 11.5 Å². The zero-order valence-electron chi connectivity index (χ0n) is 18.8. The normalized spacial score (nSPS) is 19.2. The van der Waals surface area contributed by atoms with Gasteiger partial charge in [-0.3, -0.25) is 24.6 Å². The number of fused-ring (bicyclic) bond motifs is 1. The minimum atomic E-state index is -0.939. The van der Waals surface area contributed by atoms with Crippen LogP contribution in [-0.4, -0.2) is 28.8 Å². The molecule has 2 aromatic rings. The van der Waals surface area contributed by atoms with Crippen molar-refractivity contribution in [3.05, 3.63) is 63.3 Å². The fourth-order valence-electron chi connectivity index (χ4n) is 4.72. The van der Waals surface area contributed by atoms with Crippen molar-refractivity contribution in [2.45, 2.75) is 39.7 Å². The third kappa shape index (κ3) is 3.79. The van der Waals surface area contributed by atoms with Gasteiger partial charge in [-0.1, -0.05) is 26.0 Å². The van der Waals surface area contributed by atoms with Gasteiger partial charge >= 0.3 is 5.69 Å². The molecule has 9 nitrogen and oxygen atoms in total. The van der Waals surface area contributed by atoms with Gasteiger partial charge in [-0.2, -0.15) is 0 Å². The first-order valence-corrected chi connectivity index (χ1v) is 10.5. The molecule has 0 bridgehead atoms. The molecule has 9 heteroatoms. The quantitative estimate of drug-likeness (QED) is 0.521. The maximum absolute atomic E-state index is 13.5. The van der Waals surface area contributed by atoms with Crippen molar-refractivity contribution in [3.8, 4) is 11.5 Å². The van der Waals surface area contributed by atoms with Gasteiger partial charge in [-0.05, 0) is 35.6 Å². The van der Waals surface area contributed by atoms with Crippen LogP contribution in [0.4, 0.5) is 17.1 Å². The van der Waals surface area contributed by atoms with Crippen molar-refractivity contribution in [3.63, 3.8) is 0 Å². The van der Waals surface area contributed by atoms with Gasteiger partial charge in [0, 0.05) is 30.7 Å². The van der Waals surface area contributed by atoms with Crippen LogP contribution in [0.3, 0.4) is 0 Å². The van der Waals surface area contributed by atoms with Crippen molar-refractivity contribution in [2.75, 3.05) is 17.3 Å². The molecule has 1 aliphatic carbocycles. The average molecular weight is 451 g/mol. The third-order valence-electron chi connectivity index (χ3n) is 6.05. The number of ether oxygens (including phenoxy) is 1. The van der Waals surface area contributed by atoms with Crippen LogP contribution in [0.1, 0.15) is 45.2 Å². The summed E-state index contributed by atoms with van der Waals surface area (Å²) in [7, 11) is 1.29. The number of nitrogens with zero attached hydrogens (tertiary/aromatic N) is 2. The second-order valence-electron chi connectivity index (χ2n) is 9.11. The molecular weight excluding hydrogens is 426 g/mol. The summed E-state index contributed by atoms with van der Waals surface area (Å²) < 4.78 is 5.19. The van der Waals surface area contributed by atoms with Crippen molar-refractivity contribution < 1.29 is 24.4 Å². The molecule has 1 amide bonds. The number of nitro groups is 1. The molecule has 2 N–H and O–H groups in total. The van der Waals surface area contributed by atoms with Crippen molar-refractivity contribution in [2.24, 2.45) is 5.41 Å². The number of methoxy groups -OCH3 is 1. The largest absolute Gasteiger partial charge is 0.500 e. The molecule has 0 radical (unpaired) electrons. The molecule has 0 fully saturated rings. The number of hydrogen-bond acceptors (Lipinski definition) is 7. The van der Waals surface area contributed by atoms with E-state index in [2.05, 4.69) is 5.32 Å². The Labute approximate surface area is 190 Å². The number of benzene rings is 2. The molecule has 2 aliphatic rings. The predicted octanol–water partition coefficient (Wildman–Crippen LogP) is 4.47. The van der Waals surface area contributed by atoms with E-state index < -0.39 is 22.4 Å². The summed E-state index contributed by atoms with van der Waals surface area (Å²) in [5.74, 6) is -1.21. The van der Waals surface area contributed by atoms with Gasteiger partial charge in [0.1, 0.15) is 0 Å². The number of phenols is 1. The van der Waals surface area contributed by atoms with Crippen LogP contribution in [-0.2, 0) is 9.59 Å². The van der Waals surface area contributed by atoms with Crippen LogP contribution in [0.15, 0.2) is 47.7 Å². The number of carbonyl (C=O) groups is 2. The van der Waals surface area contributed by atoms with E-state index in [1.807, 2.05) is 26.0 Å². The van der Waals surface area contributed by atoms with Crippen LogP contribution in [0, 0.1) is 15.5 Å². The lowest BCUT2D eigenvalue weighted by Gasteiger charge is -2.36. The Balaban J connectivity index is 2.07. The second-order valence-corrected chi connectivity index (χ2v) is 9.11. The maximum Gasteiger partial charge on any atom is 0.315 e. The zero-order chi connectivity index (χ0) is 24.1. The molecule has 33 heavy (non-hydrogen) atoms. The van der Waals surface area contributed by atoms with E-state index in [4.69, 9.17) is 4.74 Å². The van der Waals surface area contributed by atoms with Gasteiger partial charge in [0.25, 0.3) is 0 Å². The van der Waals surface area contributed by atoms with Crippen LogP contribution >= 0.6 is 0 Å². The van der Waals surface area contributed by atoms with Crippen LogP contribution < -0.4 is 15.0 Å². The molecule has 0 saturated carbocycles. The lowest BCUT2D eigenvalue weighted by Crippen LogP contribution is -2.38. The topological polar surface area (TPSA) is 122 Å². The highest BCUT2D eigenvalue weighted by Gasteiger charge is 2.43. The number of allylic oxidation sites excluding steroid dienone is 1. The average Bonchev–Trinajstić information content (AvgIpc) is 2.87. The van der Waals surface area contributed by atoms with E-state index in [1.165, 1.54) is 31.1 Å². The third-order valence-corrected chi connectivity index (χ3v) is 6.05. The molecule has 1 atom stereocenters. The number of amides is 1. The number of para-hydroxylation sites is 2.